The Balaban J connectivity index is 2.13. The summed E-state index contributed by atoms with van der Waals surface area (Å²) in [7, 11) is 1.93. The van der Waals surface area contributed by atoms with Crippen molar-refractivity contribution >= 4 is 11.5 Å². The molecule has 0 saturated carbocycles. The Labute approximate surface area is 105 Å². The molecule has 3 N–H and O–H groups in total. The van der Waals surface area contributed by atoms with E-state index in [4.69, 9.17) is 5.84 Å². The molecule has 0 spiro atoms. The SMILES string of the molecule is CN(Cc1cccc(F)c1)c1ccnc(NN)c1. The summed E-state index contributed by atoms with van der Waals surface area (Å²) < 4.78 is 13.1. The summed E-state index contributed by atoms with van der Waals surface area (Å²) in [5.41, 5.74) is 4.37. The molecule has 0 aliphatic rings. The Morgan fingerprint density at radius 3 is 2.89 bits per heavy atom. The van der Waals surface area contributed by atoms with Crippen molar-refractivity contribution in [2.24, 2.45) is 5.84 Å². The zero-order chi connectivity index (χ0) is 13.0. The van der Waals surface area contributed by atoms with Gasteiger partial charge >= 0.3 is 0 Å². The van der Waals surface area contributed by atoms with Crippen LogP contribution in [-0.2, 0) is 6.54 Å². The van der Waals surface area contributed by atoms with E-state index >= 15 is 0 Å². The summed E-state index contributed by atoms with van der Waals surface area (Å²) in [6.45, 7) is 0.617. The van der Waals surface area contributed by atoms with Gasteiger partial charge in [0, 0.05) is 31.5 Å². The molecule has 0 amide bonds. The molecule has 0 aliphatic carbocycles. The molecule has 0 atom stereocenters. The van der Waals surface area contributed by atoms with Gasteiger partial charge in [-0.05, 0) is 23.8 Å². The molecule has 2 rings (SSSR count). The Bertz CT molecular complexity index is 530. The van der Waals surface area contributed by atoms with Gasteiger partial charge in [0.05, 0.1) is 0 Å². The number of hydrogen-bond donors (Lipinski definition) is 2. The number of nitrogens with zero attached hydrogens (tertiary/aromatic N) is 2. The second-order valence-corrected chi connectivity index (χ2v) is 4.03. The van der Waals surface area contributed by atoms with E-state index in [-0.39, 0.29) is 5.82 Å². The van der Waals surface area contributed by atoms with Crippen molar-refractivity contribution in [1.82, 2.24) is 4.98 Å². The standard InChI is InChI=1S/C13H15FN4/c1-18(9-10-3-2-4-11(14)7-10)12-5-6-16-13(8-12)17-15/h2-8H,9,15H2,1H3,(H,16,17). The largest absolute Gasteiger partial charge is 0.370 e. The van der Waals surface area contributed by atoms with Crippen LogP contribution in [0.5, 0.6) is 0 Å². The van der Waals surface area contributed by atoms with E-state index in [0.717, 1.165) is 11.3 Å². The topological polar surface area (TPSA) is 54.2 Å². The van der Waals surface area contributed by atoms with Gasteiger partial charge in [0.25, 0.3) is 0 Å². The highest BCUT2D eigenvalue weighted by atomic mass is 19.1. The molecule has 5 heteroatoms. The second kappa shape index (κ2) is 5.46. The van der Waals surface area contributed by atoms with Gasteiger partial charge in [-0.15, -0.1) is 0 Å². The minimum atomic E-state index is -0.222. The Morgan fingerprint density at radius 2 is 2.17 bits per heavy atom. The van der Waals surface area contributed by atoms with Crippen LogP contribution in [0.1, 0.15) is 5.56 Å². The third-order valence-corrected chi connectivity index (χ3v) is 2.64. The van der Waals surface area contributed by atoms with Crippen molar-refractivity contribution in [3.63, 3.8) is 0 Å². The normalized spacial score (nSPS) is 10.2. The van der Waals surface area contributed by atoms with Crippen molar-refractivity contribution in [1.29, 1.82) is 0 Å². The fourth-order valence-electron chi connectivity index (χ4n) is 1.74. The number of aromatic nitrogens is 1. The highest BCUT2D eigenvalue weighted by molar-refractivity contribution is 5.53. The molecule has 0 fully saturated rings. The quantitative estimate of drug-likeness (QED) is 0.641. The molecule has 0 bridgehead atoms. The molecular formula is C13H15FN4. The molecule has 94 valence electrons. The molecule has 2 aromatic rings. The smallest absolute Gasteiger partial charge is 0.141 e. The van der Waals surface area contributed by atoms with E-state index in [1.165, 1.54) is 12.1 Å². The van der Waals surface area contributed by atoms with Crippen LogP contribution >= 0.6 is 0 Å². The zero-order valence-corrected chi connectivity index (χ0v) is 10.1. The summed E-state index contributed by atoms with van der Waals surface area (Å²) in [6, 6.07) is 10.3. The summed E-state index contributed by atoms with van der Waals surface area (Å²) in [5, 5.41) is 0. The van der Waals surface area contributed by atoms with Crippen molar-refractivity contribution in [3.8, 4) is 0 Å². The zero-order valence-electron chi connectivity index (χ0n) is 10.1. The molecular weight excluding hydrogens is 231 g/mol. The molecule has 0 aliphatic heterocycles. The maximum Gasteiger partial charge on any atom is 0.141 e. The number of nitrogens with one attached hydrogen (secondary N) is 1. The van der Waals surface area contributed by atoms with Crippen LogP contribution in [-0.4, -0.2) is 12.0 Å². The predicted molar refractivity (Wildman–Crippen MR) is 70.6 cm³/mol. The molecule has 4 nitrogen and oxygen atoms in total. The van der Waals surface area contributed by atoms with E-state index < -0.39 is 0 Å². The summed E-state index contributed by atoms with van der Waals surface area (Å²) in [4.78, 5) is 6.04. The van der Waals surface area contributed by atoms with Crippen LogP contribution in [0.25, 0.3) is 0 Å². The van der Waals surface area contributed by atoms with Gasteiger partial charge < -0.3 is 10.3 Å². The first-order valence-electron chi connectivity index (χ1n) is 5.57. The number of nitrogen functional groups attached to an aromatic ring is 1. The predicted octanol–water partition coefficient (Wildman–Crippen LogP) is 2.14. The van der Waals surface area contributed by atoms with Gasteiger partial charge in [0.15, 0.2) is 0 Å². The van der Waals surface area contributed by atoms with Gasteiger partial charge in [-0.1, -0.05) is 12.1 Å². The molecule has 0 saturated heterocycles. The number of hydrazine groups is 1. The minimum Gasteiger partial charge on any atom is -0.370 e. The number of nitrogens with two attached hydrogens (primary N) is 1. The maximum atomic E-state index is 13.1. The number of hydrogen-bond acceptors (Lipinski definition) is 4. The third kappa shape index (κ3) is 2.95. The molecule has 18 heavy (non-hydrogen) atoms. The number of halogens is 1. The fourth-order valence-corrected chi connectivity index (χ4v) is 1.74. The monoisotopic (exact) mass is 246 g/mol. The molecule has 0 radical (unpaired) electrons. The average Bonchev–Trinajstić information content (AvgIpc) is 2.39. The Kier molecular flexibility index (Phi) is 3.74. The van der Waals surface area contributed by atoms with Crippen LogP contribution in [0, 0.1) is 5.82 Å². The second-order valence-electron chi connectivity index (χ2n) is 4.03. The molecule has 0 unspecified atom stereocenters. The highest BCUT2D eigenvalue weighted by Gasteiger charge is 2.04. The van der Waals surface area contributed by atoms with Gasteiger partial charge in [-0.25, -0.2) is 15.2 Å². The van der Waals surface area contributed by atoms with E-state index in [1.54, 1.807) is 12.3 Å². The van der Waals surface area contributed by atoms with E-state index in [2.05, 4.69) is 10.4 Å². The van der Waals surface area contributed by atoms with Gasteiger partial charge in [-0.3, -0.25) is 0 Å². The lowest BCUT2D eigenvalue weighted by molar-refractivity contribution is 0.625. The molecule has 1 aromatic heterocycles. The lowest BCUT2D eigenvalue weighted by atomic mass is 10.2. The number of benzene rings is 1. The lowest BCUT2D eigenvalue weighted by Crippen LogP contribution is -2.17. The van der Waals surface area contributed by atoms with Crippen LogP contribution in [0.3, 0.4) is 0 Å². The van der Waals surface area contributed by atoms with Crippen LogP contribution in [0.15, 0.2) is 42.6 Å². The van der Waals surface area contributed by atoms with Crippen molar-refractivity contribution in [2.75, 3.05) is 17.4 Å². The maximum absolute atomic E-state index is 13.1. The van der Waals surface area contributed by atoms with E-state index in [0.29, 0.717) is 12.4 Å². The first kappa shape index (κ1) is 12.3. The summed E-state index contributed by atoms with van der Waals surface area (Å²) in [6.07, 6.45) is 1.67. The number of anilines is 2. The molecule has 1 heterocycles. The van der Waals surface area contributed by atoms with Gasteiger partial charge in [0.1, 0.15) is 11.6 Å². The average molecular weight is 246 g/mol. The van der Waals surface area contributed by atoms with Crippen molar-refractivity contribution in [3.05, 3.63) is 54.0 Å². The number of pyridine rings is 1. The van der Waals surface area contributed by atoms with Gasteiger partial charge in [0.2, 0.25) is 0 Å². The minimum absolute atomic E-state index is 0.222. The Hall–Kier alpha value is -2.14. The van der Waals surface area contributed by atoms with Crippen molar-refractivity contribution in [2.45, 2.75) is 6.54 Å². The third-order valence-electron chi connectivity index (χ3n) is 2.64. The van der Waals surface area contributed by atoms with E-state index in [1.807, 2.05) is 30.1 Å². The molecule has 1 aromatic carbocycles. The summed E-state index contributed by atoms with van der Waals surface area (Å²) >= 11 is 0. The fraction of sp³-hybridized carbons (Fsp3) is 0.154. The first-order valence-corrected chi connectivity index (χ1v) is 5.57. The van der Waals surface area contributed by atoms with Gasteiger partial charge in [-0.2, -0.15) is 0 Å². The number of rotatable bonds is 4. The summed E-state index contributed by atoms with van der Waals surface area (Å²) in [5.74, 6) is 5.68. The van der Waals surface area contributed by atoms with E-state index in [9.17, 15) is 4.39 Å². The highest BCUT2D eigenvalue weighted by Crippen LogP contribution is 2.17. The Morgan fingerprint density at radius 1 is 1.33 bits per heavy atom. The van der Waals surface area contributed by atoms with Crippen LogP contribution < -0.4 is 16.2 Å². The van der Waals surface area contributed by atoms with Crippen molar-refractivity contribution < 1.29 is 4.39 Å². The first-order chi connectivity index (χ1) is 8.69. The lowest BCUT2D eigenvalue weighted by Gasteiger charge is -2.19. The van der Waals surface area contributed by atoms with Crippen LogP contribution in [0.4, 0.5) is 15.9 Å². The van der Waals surface area contributed by atoms with Crippen LogP contribution in [0.2, 0.25) is 0 Å².